The summed E-state index contributed by atoms with van der Waals surface area (Å²) >= 11 is 0. The van der Waals surface area contributed by atoms with E-state index in [0.29, 0.717) is 50.7 Å². The number of amides is 2. The molecule has 2 aliphatic heterocycles. The van der Waals surface area contributed by atoms with Crippen LogP contribution in [0.4, 0.5) is 18.0 Å². The zero-order valence-electron chi connectivity index (χ0n) is 17.4. The van der Waals surface area contributed by atoms with Crippen molar-refractivity contribution in [3.63, 3.8) is 0 Å². The Morgan fingerprint density at radius 3 is 2.35 bits per heavy atom. The standard InChI is InChI=1S/C21H25F3N4O3/c1-3-18-25-19(31-26-18)15-8-14(13-4-6-16(7-5-13)21(22,23)24)9-27(10-15)20(29)28-11-17(12-28)30-2/h4-7,14-15,17H,3,8-12H2,1-2H3. The maximum Gasteiger partial charge on any atom is 0.416 e. The number of carbonyl (C=O) groups is 1. The third-order valence-electron chi connectivity index (χ3n) is 6.03. The van der Waals surface area contributed by atoms with Crippen LogP contribution in [0, 0.1) is 0 Å². The third kappa shape index (κ3) is 4.53. The molecule has 4 rings (SSSR count). The molecule has 2 amide bonds. The van der Waals surface area contributed by atoms with Crippen molar-refractivity contribution in [1.29, 1.82) is 0 Å². The quantitative estimate of drug-likeness (QED) is 0.728. The summed E-state index contributed by atoms with van der Waals surface area (Å²) in [5.74, 6) is 0.735. The lowest BCUT2D eigenvalue weighted by Gasteiger charge is -2.44. The van der Waals surface area contributed by atoms with Crippen molar-refractivity contribution in [2.75, 3.05) is 33.3 Å². The maximum atomic E-state index is 13.0. The molecule has 2 saturated heterocycles. The number of likely N-dealkylation sites (tertiary alicyclic amines) is 2. The first-order chi connectivity index (χ1) is 14.8. The number of halogens is 3. The van der Waals surface area contributed by atoms with Crippen molar-refractivity contribution in [1.82, 2.24) is 19.9 Å². The summed E-state index contributed by atoms with van der Waals surface area (Å²) in [4.78, 5) is 20.9. The summed E-state index contributed by atoms with van der Waals surface area (Å²) in [5.41, 5.74) is 0.0660. The molecule has 0 aliphatic carbocycles. The molecular formula is C21H25F3N4O3. The van der Waals surface area contributed by atoms with Crippen molar-refractivity contribution >= 4 is 6.03 Å². The highest BCUT2D eigenvalue weighted by Gasteiger charge is 2.39. The number of hydrogen-bond donors (Lipinski definition) is 0. The van der Waals surface area contributed by atoms with E-state index in [2.05, 4.69) is 10.1 Å². The van der Waals surface area contributed by atoms with E-state index in [1.54, 1.807) is 16.9 Å². The molecule has 2 atom stereocenters. The SMILES string of the molecule is CCc1noc(C2CC(c3ccc(C(F)(F)F)cc3)CN(C(=O)N3CC(OC)C3)C2)n1. The monoisotopic (exact) mass is 438 g/mol. The largest absolute Gasteiger partial charge is 0.416 e. The van der Waals surface area contributed by atoms with Gasteiger partial charge in [0.05, 0.1) is 30.7 Å². The van der Waals surface area contributed by atoms with Gasteiger partial charge in [-0.15, -0.1) is 0 Å². The molecule has 2 unspecified atom stereocenters. The van der Waals surface area contributed by atoms with E-state index in [-0.39, 0.29) is 24.0 Å². The van der Waals surface area contributed by atoms with E-state index >= 15 is 0 Å². The molecule has 168 valence electrons. The molecule has 2 fully saturated rings. The van der Waals surface area contributed by atoms with E-state index in [0.717, 1.165) is 17.7 Å². The lowest BCUT2D eigenvalue weighted by molar-refractivity contribution is -0.137. The summed E-state index contributed by atoms with van der Waals surface area (Å²) in [7, 11) is 1.62. The molecule has 1 aromatic heterocycles. The number of urea groups is 1. The van der Waals surface area contributed by atoms with Crippen LogP contribution < -0.4 is 0 Å². The van der Waals surface area contributed by atoms with Crippen LogP contribution in [0.1, 0.15) is 48.0 Å². The number of nitrogens with zero attached hydrogens (tertiary/aromatic N) is 4. The first-order valence-corrected chi connectivity index (χ1v) is 10.3. The molecule has 0 spiro atoms. The van der Waals surface area contributed by atoms with Crippen molar-refractivity contribution in [2.24, 2.45) is 0 Å². The van der Waals surface area contributed by atoms with Crippen LogP contribution in [0.15, 0.2) is 28.8 Å². The fourth-order valence-electron chi connectivity index (χ4n) is 4.14. The summed E-state index contributed by atoms with van der Waals surface area (Å²) in [5, 5.41) is 3.96. The number of rotatable bonds is 4. The Morgan fingerprint density at radius 1 is 1.13 bits per heavy atom. The molecule has 2 aromatic rings. The highest BCUT2D eigenvalue weighted by molar-refractivity contribution is 5.75. The first-order valence-electron chi connectivity index (χ1n) is 10.3. The molecule has 0 bridgehead atoms. The van der Waals surface area contributed by atoms with Crippen molar-refractivity contribution in [2.45, 2.75) is 43.9 Å². The molecule has 1 aromatic carbocycles. The van der Waals surface area contributed by atoms with Gasteiger partial charge < -0.3 is 19.1 Å². The van der Waals surface area contributed by atoms with Crippen molar-refractivity contribution in [3.05, 3.63) is 47.1 Å². The Balaban J connectivity index is 1.56. The van der Waals surface area contributed by atoms with Gasteiger partial charge in [-0.2, -0.15) is 18.2 Å². The van der Waals surface area contributed by atoms with Crippen LogP contribution in [-0.2, 0) is 17.3 Å². The van der Waals surface area contributed by atoms with Gasteiger partial charge >= 0.3 is 12.2 Å². The summed E-state index contributed by atoms with van der Waals surface area (Å²) in [6.45, 7) is 3.83. The topological polar surface area (TPSA) is 71.7 Å². The van der Waals surface area contributed by atoms with Crippen molar-refractivity contribution < 1.29 is 27.2 Å². The Kier molecular flexibility index (Phi) is 5.92. The summed E-state index contributed by atoms with van der Waals surface area (Å²) < 4.78 is 49.5. The second-order valence-electron chi connectivity index (χ2n) is 8.10. The number of piperidine rings is 1. The minimum Gasteiger partial charge on any atom is -0.378 e. The number of methoxy groups -OCH3 is 1. The Bertz CT molecular complexity index is 909. The summed E-state index contributed by atoms with van der Waals surface area (Å²) in [6, 6.07) is 5.06. The van der Waals surface area contributed by atoms with Gasteiger partial charge in [0.1, 0.15) is 0 Å². The van der Waals surface area contributed by atoms with Crippen LogP contribution in [0.25, 0.3) is 0 Å². The average molecular weight is 438 g/mol. The highest BCUT2D eigenvalue weighted by atomic mass is 19.4. The molecule has 31 heavy (non-hydrogen) atoms. The Morgan fingerprint density at radius 2 is 1.77 bits per heavy atom. The number of benzene rings is 1. The van der Waals surface area contributed by atoms with Crippen LogP contribution in [-0.4, -0.2) is 65.4 Å². The minimum atomic E-state index is -4.38. The second kappa shape index (κ2) is 8.49. The number of aryl methyl sites for hydroxylation is 1. The molecule has 10 heteroatoms. The summed E-state index contributed by atoms with van der Waals surface area (Å²) in [6.07, 6.45) is -3.10. The van der Waals surface area contributed by atoms with Crippen molar-refractivity contribution in [3.8, 4) is 0 Å². The second-order valence-corrected chi connectivity index (χ2v) is 8.10. The zero-order valence-corrected chi connectivity index (χ0v) is 17.4. The molecular weight excluding hydrogens is 413 g/mol. The van der Waals surface area contributed by atoms with Crippen LogP contribution >= 0.6 is 0 Å². The third-order valence-corrected chi connectivity index (χ3v) is 6.03. The van der Waals surface area contributed by atoms with E-state index in [1.165, 1.54) is 12.1 Å². The fraction of sp³-hybridized carbons (Fsp3) is 0.571. The van der Waals surface area contributed by atoms with Gasteiger partial charge in [0, 0.05) is 32.5 Å². The van der Waals surface area contributed by atoms with E-state index in [9.17, 15) is 18.0 Å². The molecule has 7 nitrogen and oxygen atoms in total. The van der Waals surface area contributed by atoms with Crippen LogP contribution in [0.3, 0.4) is 0 Å². The van der Waals surface area contributed by atoms with Crippen LogP contribution in [0.2, 0.25) is 0 Å². The van der Waals surface area contributed by atoms with Gasteiger partial charge in [0.25, 0.3) is 0 Å². The van der Waals surface area contributed by atoms with Gasteiger partial charge in [-0.3, -0.25) is 0 Å². The zero-order chi connectivity index (χ0) is 22.2. The van der Waals surface area contributed by atoms with Crippen LogP contribution in [0.5, 0.6) is 0 Å². The predicted molar refractivity (Wildman–Crippen MR) is 105 cm³/mol. The highest BCUT2D eigenvalue weighted by Crippen LogP contribution is 2.37. The van der Waals surface area contributed by atoms with E-state index < -0.39 is 11.7 Å². The Hall–Kier alpha value is -2.62. The molecule has 2 aliphatic rings. The normalized spacial score (nSPS) is 22.5. The number of carbonyl (C=O) groups excluding carboxylic acids is 1. The molecule has 0 N–H and O–H groups in total. The van der Waals surface area contributed by atoms with Gasteiger partial charge in [-0.25, -0.2) is 4.79 Å². The Labute approximate surface area is 178 Å². The van der Waals surface area contributed by atoms with Gasteiger partial charge in [-0.05, 0) is 24.1 Å². The number of aromatic nitrogens is 2. The molecule has 3 heterocycles. The predicted octanol–water partition coefficient (Wildman–Crippen LogP) is 3.67. The van der Waals surface area contributed by atoms with Gasteiger partial charge in [-0.1, -0.05) is 24.2 Å². The van der Waals surface area contributed by atoms with E-state index in [4.69, 9.17) is 9.26 Å². The lowest BCUT2D eigenvalue weighted by Crippen LogP contribution is -2.59. The van der Waals surface area contributed by atoms with Gasteiger partial charge in [0.2, 0.25) is 5.89 Å². The number of alkyl halides is 3. The minimum absolute atomic E-state index is 0.0401. The number of ether oxygens (including phenoxy) is 1. The van der Waals surface area contributed by atoms with E-state index in [1.807, 2.05) is 6.92 Å². The van der Waals surface area contributed by atoms with Gasteiger partial charge in [0.15, 0.2) is 5.82 Å². The first kappa shape index (κ1) is 21.6. The lowest BCUT2D eigenvalue weighted by atomic mass is 9.84. The fourth-order valence-corrected chi connectivity index (χ4v) is 4.14. The number of hydrogen-bond acceptors (Lipinski definition) is 5. The molecule has 0 saturated carbocycles. The average Bonchev–Trinajstić information content (AvgIpc) is 3.21. The molecule has 0 radical (unpaired) electrons. The maximum absolute atomic E-state index is 13.0. The smallest absolute Gasteiger partial charge is 0.378 e.